The molecular formula is C20H20N6O3. The fourth-order valence-corrected chi connectivity index (χ4v) is 3.70. The van der Waals surface area contributed by atoms with Gasteiger partial charge in [-0.2, -0.15) is 5.26 Å². The van der Waals surface area contributed by atoms with Gasteiger partial charge in [0.1, 0.15) is 23.7 Å². The topological polar surface area (TPSA) is 131 Å². The van der Waals surface area contributed by atoms with E-state index < -0.39 is 17.9 Å². The quantitative estimate of drug-likeness (QED) is 0.683. The average molecular weight is 392 g/mol. The molecule has 29 heavy (non-hydrogen) atoms. The van der Waals surface area contributed by atoms with Crippen molar-refractivity contribution in [3.63, 3.8) is 0 Å². The number of anilines is 4. The zero-order valence-electron chi connectivity index (χ0n) is 15.6. The number of amides is 2. The first-order valence-corrected chi connectivity index (χ1v) is 9.39. The largest absolute Gasteiger partial charge is 0.387 e. The Morgan fingerprint density at radius 1 is 1.28 bits per heavy atom. The fourth-order valence-electron chi connectivity index (χ4n) is 3.70. The highest BCUT2D eigenvalue weighted by Gasteiger charge is 2.56. The van der Waals surface area contributed by atoms with E-state index in [1.165, 1.54) is 6.20 Å². The molecule has 1 atom stereocenters. The molecular weight excluding hydrogens is 372 g/mol. The van der Waals surface area contributed by atoms with Crippen LogP contribution in [0, 0.1) is 22.7 Å². The third-order valence-electron chi connectivity index (χ3n) is 5.33. The van der Waals surface area contributed by atoms with Crippen LogP contribution in [0.2, 0.25) is 0 Å². The van der Waals surface area contributed by atoms with E-state index in [9.17, 15) is 14.9 Å². The van der Waals surface area contributed by atoms with Gasteiger partial charge in [0.2, 0.25) is 11.8 Å². The van der Waals surface area contributed by atoms with Gasteiger partial charge in [0, 0.05) is 42.4 Å². The minimum absolute atomic E-state index is 0.133. The molecule has 0 radical (unpaired) electrons. The van der Waals surface area contributed by atoms with Crippen molar-refractivity contribution >= 4 is 34.8 Å². The summed E-state index contributed by atoms with van der Waals surface area (Å²) in [5.41, 5.74) is 0.267. The molecule has 3 heterocycles. The van der Waals surface area contributed by atoms with Crippen LogP contribution in [-0.4, -0.2) is 40.0 Å². The minimum Gasteiger partial charge on any atom is -0.387 e. The number of nitriles is 1. The van der Waals surface area contributed by atoms with Gasteiger partial charge in [0.25, 0.3) is 0 Å². The number of carbonyl (C=O) groups excluding carboxylic acids is 2. The number of rotatable bonds is 6. The molecule has 3 N–H and O–H groups in total. The van der Waals surface area contributed by atoms with Crippen LogP contribution in [0.25, 0.3) is 0 Å². The summed E-state index contributed by atoms with van der Waals surface area (Å²) in [7, 11) is 0. The van der Waals surface area contributed by atoms with Crippen molar-refractivity contribution in [2.75, 3.05) is 28.7 Å². The van der Waals surface area contributed by atoms with Crippen LogP contribution in [0.5, 0.6) is 0 Å². The summed E-state index contributed by atoms with van der Waals surface area (Å²) in [6.07, 6.45) is 5.52. The number of aliphatic hydroxyl groups is 1. The molecule has 0 aromatic carbocycles. The number of hydrogen-bond acceptors (Lipinski definition) is 7. The van der Waals surface area contributed by atoms with E-state index in [0.29, 0.717) is 36.0 Å². The van der Waals surface area contributed by atoms with Crippen LogP contribution in [0.3, 0.4) is 0 Å². The fraction of sp³-hybridized carbons (Fsp3) is 0.350. The number of aliphatic hydroxyl groups excluding tert-OH is 1. The SMILES string of the molecule is N#C[C@@]1(C2CC2)CCN(c2ccnc(Nc3cc(NC(=O)CO)ccn3)c2)C1=O. The van der Waals surface area contributed by atoms with Crippen LogP contribution in [0.1, 0.15) is 19.3 Å². The molecule has 0 unspecified atom stereocenters. The summed E-state index contributed by atoms with van der Waals surface area (Å²) in [6.45, 7) is -0.100. The molecule has 1 saturated heterocycles. The van der Waals surface area contributed by atoms with Crippen molar-refractivity contribution in [3.8, 4) is 6.07 Å². The van der Waals surface area contributed by atoms with Crippen molar-refractivity contribution in [1.82, 2.24) is 9.97 Å². The smallest absolute Gasteiger partial charge is 0.250 e. The van der Waals surface area contributed by atoms with Crippen LogP contribution in [0.4, 0.5) is 23.0 Å². The third-order valence-corrected chi connectivity index (χ3v) is 5.33. The number of nitrogens with zero attached hydrogens (tertiary/aromatic N) is 4. The van der Waals surface area contributed by atoms with E-state index in [2.05, 4.69) is 26.7 Å². The molecule has 2 aliphatic rings. The molecule has 1 aliphatic carbocycles. The maximum atomic E-state index is 13.0. The standard InChI is InChI=1S/C20H20N6O3/c21-12-20(13-1-2-13)5-8-26(19(20)29)15-4-7-23-17(10-15)25-16-9-14(3-6-22-16)24-18(28)11-27/h3-4,6-7,9-10,13,27H,1-2,5,8,11H2,(H2,22,23,24,25,28)/t20-/m1/s1. The van der Waals surface area contributed by atoms with Crippen LogP contribution in [-0.2, 0) is 9.59 Å². The maximum absolute atomic E-state index is 13.0. The Kier molecular flexibility index (Phi) is 4.86. The summed E-state index contributed by atoms with van der Waals surface area (Å²) in [5.74, 6) is 0.445. The first-order valence-electron chi connectivity index (χ1n) is 9.39. The molecule has 9 nitrogen and oxygen atoms in total. The number of carbonyl (C=O) groups is 2. The average Bonchev–Trinajstić information content (AvgIpc) is 3.52. The number of nitrogens with one attached hydrogen (secondary N) is 2. The van der Waals surface area contributed by atoms with E-state index in [1.54, 1.807) is 35.4 Å². The van der Waals surface area contributed by atoms with Gasteiger partial charge >= 0.3 is 0 Å². The van der Waals surface area contributed by atoms with Crippen molar-refractivity contribution in [3.05, 3.63) is 36.7 Å². The molecule has 2 aromatic heterocycles. The Balaban J connectivity index is 1.52. The molecule has 148 valence electrons. The molecule has 0 spiro atoms. The second-order valence-corrected chi connectivity index (χ2v) is 7.22. The predicted molar refractivity (Wildman–Crippen MR) is 105 cm³/mol. The summed E-state index contributed by atoms with van der Waals surface area (Å²) >= 11 is 0. The predicted octanol–water partition coefficient (Wildman–Crippen LogP) is 1.81. The van der Waals surface area contributed by atoms with Gasteiger partial charge in [-0.1, -0.05) is 0 Å². The Bertz CT molecular complexity index is 1000. The lowest BCUT2D eigenvalue weighted by Gasteiger charge is -2.21. The first kappa shape index (κ1) is 18.8. The molecule has 0 bridgehead atoms. The van der Waals surface area contributed by atoms with Gasteiger partial charge in [0.05, 0.1) is 6.07 Å². The molecule has 1 aliphatic heterocycles. The van der Waals surface area contributed by atoms with Crippen molar-refractivity contribution in [2.24, 2.45) is 11.3 Å². The van der Waals surface area contributed by atoms with Gasteiger partial charge in [-0.3, -0.25) is 9.59 Å². The Morgan fingerprint density at radius 2 is 2.00 bits per heavy atom. The summed E-state index contributed by atoms with van der Waals surface area (Å²) in [4.78, 5) is 34.4. The number of pyridine rings is 2. The lowest BCUT2D eigenvalue weighted by molar-refractivity contribution is -0.123. The highest BCUT2D eigenvalue weighted by atomic mass is 16.3. The molecule has 1 saturated carbocycles. The lowest BCUT2D eigenvalue weighted by atomic mass is 9.83. The van der Waals surface area contributed by atoms with E-state index in [1.807, 2.05) is 0 Å². The molecule has 2 fully saturated rings. The second kappa shape index (κ2) is 7.48. The Hall–Kier alpha value is -3.51. The molecule has 4 rings (SSSR count). The molecule has 2 aromatic rings. The summed E-state index contributed by atoms with van der Waals surface area (Å²) in [6, 6.07) is 8.97. The normalized spacial score (nSPS) is 21.0. The zero-order valence-corrected chi connectivity index (χ0v) is 15.6. The van der Waals surface area contributed by atoms with Crippen molar-refractivity contribution in [2.45, 2.75) is 19.3 Å². The summed E-state index contributed by atoms with van der Waals surface area (Å²) in [5, 5.41) is 24.1. The monoisotopic (exact) mass is 392 g/mol. The van der Waals surface area contributed by atoms with E-state index >= 15 is 0 Å². The maximum Gasteiger partial charge on any atom is 0.250 e. The van der Waals surface area contributed by atoms with Gasteiger partial charge in [-0.25, -0.2) is 9.97 Å². The highest BCUT2D eigenvalue weighted by molar-refractivity contribution is 6.02. The third kappa shape index (κ3) is 3.62. The van der Waals surface area contributed by atoms with Gasteiger partial charge < -0.3 is 20.6 Å². The Labute approximate surface area is 167 Å². The van der Waals surface area contributed by atoms with Gasteiger partial charge in [-0.15, -0.1) is 0 Å². The van der Waals surface area contributed by atoms with Crippen molar-refractivity contribution in [1.29, 1.82) is 5.26 Å². The molecule has 2 amide bonds. The number of hydrogen-bond donors (Lipinski definition) is 3. The van der Waals surface area contributed by atoms with Crippen LogP contribution in [0.15, 0.2) is 36.7 Å². The Morgan fingerprint density at radius 3 is 2.69 bits per heavy atom. The first-order chi connectivity index (χ1) is 14.1. The van der Waals surface area contributed by atoms with Crippen LogP contribution < -0.4 is 15.5 Å². The lowest BCUT2D eigenvalue weighted by Crippen LogP contribution is -2.35. The van der Waals surface area contributed by atoms with Crippen LogP contribution >= 0.6 is 0 Å². The van der Waals surface area contributed by atoms with E-state index in [4.69, 9.17) is 5.11 Å². The second-order valence-electron chi connectivity index (χ2n) is 7.22. The van der Waals surface area contributed by atoms with Crippen molar-refractivity contribution < 1.29 is 14.7 Å². The van der Waals surface area contributed by atoms with E-state index in [0.717, 1.165) is 12.8 Å². The highest BCUT2D eigenvalue weighted by Crippen LogP contribution is 2.51. The summed E-state index contributed by atoms with van der Waals surface area (Å²) < 4.78 is 0. The van der Waals surface area contributed by atoms with Gasteiger partial charge in [-0.05, 0) is 37.3 Å². The van der Waals surface area contributed by atoms with E-state index in [-0.39, 0.29) is 11.8 Å². The molecule has 9 heteroatoms. The number of aromatic nitrogens is 2. The van der Waals surface area contributed by atoms with Gasteiger partial charge in [0.15, 0.2) is 0 Å². The zero-order chi connectivity index (χ0) is 20.4. The minimum atomic E-state index is -0.891.